The zero-order chi connectivity index (χ0) is 20.8. The minimum atomic E-state index is -0.253. The number of ether oxygens (including phenoxy) is 1. The van der Waals surface area contributed by atoms with Crippen molar-refractivity contribution in [2.24, 2.45) is 11.8 Å². The number of nitrogens with zero attached hydrogens (tertiary/aromatic N) is 1. The van der Waals surface area contributed by atoms with Gasteiger partial charge in [0.25, 0.3) is 0 Å². The number of amides is 1. The van der Waals surface area contributed by atoms with Crippen LogP contribution in [0.4, 0.5) is 5.69 Å². The van der Waals surface area contributed by atoms with Crippen LogP contribution in [0.25, 0.3) is 0 Å². The van der Waals surface area contributed by atoms with Gasteiger partial charge in [0.1, 0.15) is 0 Å². The van der Waals surface area contributed by atoms with E-state index >= 15 is 0 Å². The summed E-state index contributed by atoms with van der Waals surface area (Å²) >= 11 is 0. The third-order valence-electron chi connectivity index (χ3n) is 7.33. The van der Waals surface area contributed by atoms with Crippen LogP contribution in [0.3, 0.4) is 0 Å². The highest BCUT2D eigenvalue weighted by Gasteiger charge is 2.54. The SMILES string of the molecule is CCOC(=O)c1ccc2c(c1)C1CCCCC3C1C(C2)C(=O)N3c1ccc(C)cc1. The van der Waals surface area contributed by atoms with E-state index in [1.807, 2.05) is 13.0 Å². The highest BCUT2D eigenvalue weighted by Crippen LogP contribution is 2.53. The molecule has 156 valence electrons. The first-order chi connectivity index (χ1) is 14.6. The van der Waals surface area contributed by atoms with E-state index in [4.69, 9.17) is 4.74 Å². The van der Waals surface area contributed by atoms with Crippen LogP contribution in [0.15, 0.2) is 42.5 Å². The van der Waals surface area contributed by atoms with Gasteiger partial charge in [-0.1, -0.05) is 36.6 Å². The second-order valence-electron chi connectivity index (χ2n) is 9.02. The first kappa shape index (κ1) is 19.3. The molecule has 3 aliphatic rings. The van der Waals surface area contributed by atoms with Crippen molar-refractivity contribution in [1.82, 2.24) is 0 Å². The molecule has 2 aromatic rings. The van der Waals surface area contributed by atoms with Gasteiger partial charge in [0.05, 0.1) is 12.2 Å². The van der Waals surface area contributed by atoms with Crippen molar-refractivity contribution in [3.63, 3.8) is 0 Å². The Morgan fingerprint density at radius 1 is 1.07 bits per heavy atom. The topological polar surface area (TPSA) is 46.6 Å². The average Bonchev–Trinajstić information content (AvgIpc) is 2.89. The van der Waals surface area contributed by atoms with Gasteiger partial charge in [-0.2, -0.15) is 0 Å². The van der Waals surface area contributed by atoms with E-state index in [1.54, 1.807) is 0 Å². The number of esters is 1. The molecule has 2 fully saturated rings. The zero-order valence-corrected chi connectivity index (χ0v) is 17.8. The van der Waals surface area contributed by atoms with Crippen molar-refractivity contribution in [1.29, 1.82) is 0 Å². The number of carbonyl (C=O) groups excluding carboxylic acids is 2. The second kappa shape index (κ2) is 7.57. The van der Waals surface area contributed by atoms with Crippen LogP contribution in [-0.2, 0) is 16.0 Å². The molecule has 1 aliphatic heterocycles. The minimum Gasteiger partial charge on any atom is -0.462 e. The van der Waals surface area contributed by atoms with Crippen molar-refractivity contribution < 1.29 is 14.3 Å². The highest BCUT2D eigenvalue weighted by atomic mass is 16.5. The maximum Gasteiger partial charge on any atom is 0.338 e. The number of fused-ring (bicyclic) bond motifs is 2. The number of carbonyl (C=O) groups is 2. The number of hydrogen-bond donors (Lipinski definition) is 0. The summed E-state index contributed by atoms with van der Waals surface area (Å²) < 4.78 is 5.23. The highest BCUT2D eigenvalue weighted by molar-refractivity contribution is 5.99. The van der Waals surface area contributed by atoms with Crippen molar-refractivity contribution in [2.45, 2.75) is 57.9 Å². The Hall–Kier alpha value is -2.62. The summed E-state index contributed by atoms with van der Waals surface area (Å²) in [5.41, 5.74) is 5.37. The van der Waals surface area contributed by atoms with E-state index in [9.17, 15) is 9.59 Å². The number of rotatable bonds is 3. The Labute approximate surface area is 178 Å². The van der Waals surface area contributed by atoms with Gasteiger partial charge >= 0.3 is 5.97 Å². The fourth-order valence-corrected chi connectivity index (χ4v) is 6.04. The quantitative estimate of drug-likeness (QED) is 0.675. The Morgan fingerprint density at radius 3 is 2.60 bits per heavy atom. The van der Waals surface area contributed by atoms with Gasteiger partial charge in [0, 0.05) is 17.6 Å². The van der Waals surface area contributed by atoms with Gasteiger partial charge in [-0.05, 0) is 80.3 Å². The van der Waals surface area contributed by atoms with Crippen LogP contribution >= 0.6 is 0 Å². The lowest BCUT2D eigenvalue weighted by molar-refractivity contribution is -0.121. The second-order valence-corrected chi connectivity index (χ2v) is 9.02. The Balaban J connectivity index is 1.56. The molecule has 30 heavy (non-hydrogen) atoms. The molecule has 0 N–H and O–H groups in total. The van der Waals surface area contributed by atoms with Crippen molar-refractivity contribution in [2.75, 3.05) is 11.5 Å². The van der Waals surface area contributed by atoms with Crippen LogP contribution in [0.5, 0.6) is 0 Å². The largest absolute Gasteiger partial charge is 0.462 e. The first-order valence-electron chi connectivity index (χ1n) is 11.3. The molecule has 0 aromatic heterocycles. The molecule has 4 atom stereocenters. The molecule has 1 heterocycles. The van der Waals surface area contributed by atoms with E-state index in [1.165, 1.54) is 23.1 Å². The molecule has 0 spiro atoms. The molecule has 4 nitrogen and oxygen atoms in total. The molecule has 2 aliphatic carbocycles. The van der Waals surface area contributed by atoms with Crippen LogP contribution in [-0.4, -0.2) is 24.5 Å². The fraction of sp³-hybridized carbons (Fsp3) is 0.462. The lowest BCUT2D eigenvalue weighted by Gasteiger charge is -2.36. The summed E-state index contributed by atoms with van der Waals surface area (Å²) in [6.45, 7) is 4.29. The van der Waals surface area contributed by atoms with E-state index < -0.39 is 0 Å². The lowest BCUT2D eigenvalue weighted by atomic mass is 9.67. The molecule has 5 rings (SSSR count). The lowest BCUT2D eigenvalue weighted by Crippen LogP contribution is -2.36. The number of anilines is 1. The van der Waals surface area contributed by atoms with Gasteiger partial charge in [-0.15, -0.1) is 0 Å². The Kier molecular flexibility index (Phi) is 4.88. The standard InChI is InChI=1S/C26H29NO3/c1-3-30-26(29)18-11-10-17-14-22-24-20(21(17)15-18)6-4-5-7-23(24)27(25(22)28)19-12-8-16(2)9-13-19/h8-13,15,20,22-24H,3-7,14H2,1-2H3. The molecule has 4 unspecified atom stereocenters. The van der Waals surface area contributed by atoms with E-state index in [0.717, 1.165) is 31.4 Å². The molecule has 0 radical (unpaired) electrons. The number of aryl methyl sites for hydroxylation is 1. The van der Waals surface area contributed by atoms with Crippen molar-refractivity contribution >= 4 is 17.6 Å². The van der Waals surface area contributed by atoms with Gasteiger partial charge in [0.15, 0.2) is 0 Å². The summed E-state index contributed by atoms with van der Waals surface area (Å²) in [6.07, 6.45) is 5.24. The first-order valence-corrected chi connectivity index (χ1v) is 11.3. The minimum absolute atomic E-state index is 0.0420. The maximum atomic E-state index is 13.6. The van der Waals surface area contributed by atoms with Crippen molar-refractivity contribution in [3.05, 3.63) is 64.7 Å². The predicted octanol–water partition coefficient (Wildman–Crippen LogP) is 5.03. The number of benzene rings is 2. The predicted molar refractivity (Wildman–Crippen MR) is 117 cm³/mol. The van der Waals surface area contributed by atoms with Crippen LogP contribution < -0.4 is 4.90 Å². The van der Waals surface area contributed by atoms with Gasteiger partial charge in [-0.3, -0.25) is 4.79 Å². The fourth-order valence-electron chi connectivity index (χ4n) is 6.04. The van der Waals surface area contributed by atoms with Crippen LogP contribution in [0, 0.1) is 18.8 Å². The summed E-state index contributed by atoms with van der Waals surface area (Å²) in [7, 11) is 0. The summed E-state index contributed by atoms with van der Waals surface area (Å²) in [5.74, 6) is 0.726. The smallest absolute Gasteiger partial charge is 0.338 e. The van der Waals surface area contributed by atoms with Crippen LogP contribution in [0.1, 0.15) is 65.6 Å². The molecule has 1 amide bonds. The average molecular weight is 404 g/mol. The van der Waals surface area contributed by atoms with Crippen molar-refractivity contribution in [3.8, 4) is 0 Å². The van der Waals surface area contributed by atoms with Gasteiger partial charge < -0.3 is 9.64 Å². The van der Waals surface area contributed by atoms with Gasteiger partial charge in [-0.25, -0.2) is 4.79 Å². The zero-order valence-electron chi connectivity index (χ0n) is 17.8. The molecule has 2 aromatic carbocycles. The third-order valence-corrected chi connectivity index (χ3v) is 7.33. The summed E-state index contributed by atoms with van der Waals surface area (Å²) in [5, 5.41) is 0. The normalized spacial score (nSPS) is 27.3. The molecular formula is C26H29NO3. The number of hydrogen-bond acceptors (Lipinski definition) is 3. The monoisotopic (exact) mass is 403 g/mol. The molecule has 1 saturated carbocycles. The summed E-state index contributed by atoms with van der Waals surface area (Å²) in [6, 6.07) is 14.6. The molecular weight excluding hydrogens is 374 g/mol. The molecule has 4 heteroatoms. The van der Waals surface area contributed by atoms with E-state index in [2.05, 4.69) is 48.2 Å². The molecule has 0 bridgehead atoms. The van der Waals surface area contributed by atoms with Gasteiger partial charge in [0.2, 0.25) is 5.91 Å². The van der Waals surface area contributed by atoms with E-state index in [-0.39, 0.29) is 23.8 Å². The Morgan fingerprint density at radius 2 is 1.83 bits per heavy atom. The maximum absolute atomic E-state index is 13.6. The molecule has 1 saturated heterocycles. The Bertz CT molecular complexity index is 980. The van der Waals surface area contributed by atoms with E-state index in [0.29, 0.717) is 24.0 Å². The third kappa shape index (κ3) is 3.05. The van der Waals surface area contributed by atoms with Crippen LogP contribution in [0.2, 0.25) is 0 Å². The summed E-state index contributed by atoms with van der Waals surface area (Å²) in [4.78, 5) is 28.0.